The first kappa shape index (κ1) is 14.4. The highest BCUT2D eigenvalue weighted by atomic mass is 32.1. The van der Waals surface area contributed by atoms with Crippen molar-refractivity contribution in [3.63, 3.8) is 0 Å². The second kappa shape index (κ2) is 5.26. The summed E-state index contributed by atoms with van der Waals surface area (Å²) < 4.78 is 3.44. The van der Waals surface area contributed by atoms with Crippen LogP contribution in [0, 0.1) is 11.3 Å². The average molecular weight is 347 g/mol. The summed E-state index contributed by atoms with van der Waals surface area (Å²) in [7, 11) is 0. The van der Waals surface area contributed by atoms with E-state index in [4.69, 9.17) is 5.26 Å². The van der Waals surface area contributed by atoms with Gasteiger partial charge in [0, 0.05) is 17.3 Å². The Bertz CT molecular complexity index is 1240. The first-order valence-electron chi connectivity index (χ1n) is 8.10. The minimum Gasteiger partial charge on any atom is -0.305 e. The summed E-state index contributed by atoms with van der Waals surface area (Å²) in [6.45, 7) is 0.371. The highest BCUT2D eigenvalue weighted by Crippen LogP contribution is 2.34. The molecule has 0 amide bonds. The number of fused-ring (bicyclic) bond motifs is 4. The van der Waals surface area contributed by atoms with Gasteiger partial charge in [0.25, 0.3) is 5.56 Å². The molecule has 0 radical (unpaired) electrons. The third kappa shape index (κ3) is 2.18. The van der Waals surface area contributed by atoms with Crippen molar-refractivity contribution in [2.75, 3.05) is 0 Å². The number of aryl methyl sites for hydroxylation is 2. The number of hydrogen-bond acceptors (Lipinski definition) is 5. The van der Waals surface area contributed by atoms with Gasteiger partial charge in [0.1, 0.15) is 16.5 Å². The maximum absolute atomic E-state index is 12.9. The zero-order valence-electron chi connectivity index (χ0n) is 13.3. The van der Waals surface area contributed by atoms with Crippen LogP contribution >= 0.6 is 11.3 Å². The van der Waals surface area contributed by atoms with Crippen LogP contribution in [0.15, 0.2) is 35.6 Å². The number of imidazole rings is 1. The quantitative estimate of drug-likeness (QED) is 0.558. The smallest absolute Gasteiger partial charge is 0.262 e. The summed E-state index contributed by atoms with van der Waals surface area (Å²) in [6, 6.07) is 5.66. The minimum absolute atomic E-state index is 0.0131. The molecule has 0 spiro atoms. The Morgan fingerprint density at radius 2 is 2.20 bits per heavy atom. The zero-order valence-corrected chi connectivity index (χ0v) is 14.1. The number of aromatic nitrogens is 4. The van der Waals surface area contributed by atoms with Crippen LogP contribution in [-0.4, -0.2) is 18.9 Å². The van der Waals surface area contributed by atoms with Crippen LogP contribution in [0.25, 0.3) is 15.9 Å². The lowest BCUT2D eigenvalue weighted by Gasteiger charge is -2.03. The first-order chi connectivity index (χ1) is 12.2. The highest BCUT2D eigenvalue weighted by molar-refractivity contribution is 7.18. The van der Waals surface area contributed by atoms with Gasteiger partial charge in [0.15, 0.2) is 0 Å². The summed E-state index contributed by atoms with van der Waals surface area (Å²) in [5.74, 6) is 0. The molecule has 4 aromatic heterocycles. The molecule has 6 nitrogen and oxygen atoms in total. The third-order valence-corrected chi connectivity index (χ3v) is 5.85. The van der Waals surface area contributed by atoms with Gasteiger partial charge in [0.05, 0.1) is 29.5 Å². The van der Waals surface area contributed by atoms with Crippen LogP contribution in [0.1, 0.15) is 28.1 Å². The molecule has 0 unspecified atom stereocenters. The van der Waals surface area contributed by atoms with Crippen molar-refractivity contribution in [2.45, 2.75) is 25.8 Å². The fourth-order valence-corrected chi connectivity index (χ4v) is 4.71. The van der Waals surface area contributed by atoms with E-state index in [1.165, 1.54) is 10.4 Å². The maximum atomic E-state index is 12.9. The molecular formula is C18H13N5OS. The highest BCUT2D eigenvalue weighted by Gasteiger charge is 2.21. The van der Waals surface area contributed by atoms with Crippen molar-refractivity contribution < 1.29 is 0 Å². The molecule has 0 aliphatic heterocycles. The van der Waals surface area contributed by atoms with E-state index in [0.717, 1.165) is 40.8 Å². The Balaban J connectivity index is 1.59. The summed E-state index contributed by atoms with van der Waals surface area (Å²) in [4.78, 5) is 24.1. The predicted molar refractivity (Wildman–Crippen MR) is 94.9 cm³/mol. The summed E-state index contributed by atoms with van der Waals surface area (Å²) in [5.41, 5.74) is 3.31. The fraction of sp³-hybridized carbons (Fsp3) is 0.222. The van der Waals surface area contributed by atoms with Crippen molar-refractivity contribution in [1.29, 1.82) is 5.26 Å². The second-order valence-corrected chi connectivity index (χ2v) is 7.33. The zero-order chi connectivity index (χ0) is 17.0. The van der Waals surface area contributed by atoms with E-state index in [1.54, 1.807) is 40.6 Å². The van der Waals surface area contributed by atoms with Crippen LogP contribution in [-0.2, 0) is 19.4 Å². The van der Waals surface area contributed by atoms with E-state index in [0.29, 0.717) is 12.1 Å². The number of nitriles is 1. The molecule has 5 rings (SSSR count). The molecule has 25 heavy (non-hydrogen) atoms. The monoisotopic (exact) mass is 347 g/mol. The lowest BCUT2D eigenvalue weighted by Crippen LogP contribution is -2.21. The molecule has 0 aromatic carbocycles. The van der Waals surface area contributed by atoms with Crippen molar-refractivity contribution in [3.05, 3.63) is 62.9 Å². The second-order valence-electron chi connectivity index (χ2n) is 6.24. The Hall–Kier alpha value is -2.98. The molecule has 0 atom stereocenters. The molecule has 0 bridgehead atoms. The van der Waals surface area contributed by atoms with E-state index < -0.39 is 0 Å². The molecule has 7 heteroatoms. The van der Waals surface area contributed by atoms with E-state index >= 15 is 0 Å². The van der Waals surface area contributed by atoms with Gasteiger partial charge >= 0.3 is 0 Å². The number of pyridine rings is 1. The lowest BCUT2D eigenvalue weighted by atomic mass is 10.2. The molecular weight excluding hydrogens is 334 g/mol. The normalized spacial score (nSPS) is 13.4. The van der Waals surface area contributed by atoms with Gasteiger partial charge in [0.2, 0.25) is 0 Å². The van der Waals surface area contributed by atoms with Gasteiger partial charge in [-0.05, 0) is 37.0 Å². The average Bonchev–Trinajstić information content (AvgIpc) is 3.29. The summed E-state index contributed by atoms with van der Waals surface area (Å²) >= 11 is 1.65. The Kier molecular flexibility index (Phi) is 3.02. The van der Waals surface area contributed by atoms with Crippen LogP contribution in [0.4, 0.5) is 0 Å². The van der Waals surface area contributed by atoms with Crippen molar-refractivity contribution in [1.82, 2.24) is 18.9 Å². The first-order valence-corrected chi connectivity index (χ1v) is 8.92. The van der Waals surface area contributed by atoms with Crippen LogP contribution in [0.5, 0.6) is 0 Å². The topological polar surface area (TPSA) is 76.0 Å². The summed E-state index contributed by atoms with van der Waals surface area (Å²) in [5, 5.41) is 9.78. The largest absolute Gasteiger partial charge is 0.305 e. The van der Waals surface area contributed by atoms with Crippen molar-refractivity contribution in [2.24, 2.45) is 0 Å². The van der Waals surface area contributed by atoms with Crippen molar-refractivity contribution in [3.8, 4) is 6.07 Å². The van der Waals surface area contributed by atoms with Crippen LogP contribution in [0.3, 0.4) is 0 Å². The summed E-state index contributed by atoms with van der Waals surface area (Å²) in [6.07, 6.45) is 8.36. The molecule has 4 aromatic rings. The molecule has 0 N–H and O–H groups in total. The van der Waals surface area contributed by atoms with Crippen LogP contribution in [0.2, 0.25) is 0 Å². The van der Waals surface area contributed by atoms with Gasteiger partial charge < -0.3 is 4.40 Å². The number of thiophene rings is 1. The molecule has 0 saturated carbocycles. The molecule has 0 fully saturated rings. The van der Waals surface area contributed by atoms with Crippen LogP contribution < -0.4 is 5.56 Å². The van der Waals surface area contributed by atoms with Crippen molar-refractivity contribution >= 4 is 27.2 Å². The van der Waals surface area contributed by atoms with E-state index in [1.807, 2.05) is 10.6 Å². The Morgan fingerprint density at radius 1 is 1.28 bits per heavy atom. The number of rotatable bonds is 2. The standard InChI is InChI=1S/C18H13N5OS/c19-6-11-4-5-15-21-12(8-22(15)7-11)9-23-10-20-17-16(18(23)24)13-2-1-3-14(13)25-17/h4-5,7-8,10H,1-3,9H2. The molecule has 1 aliphatic rings. The van der Waals surface area contributed by atoms with Gasteiger partial charge in [-0.25, -0.2) is 9.97 Å². The lowest BCUT2D eigenvalue weighted by molar-refractivity contribution is 0.734. The Labute approximate surface area is 146 Å². The minimum atomic E-state index is 0.0131. The van der Waals surface area contributed by atoms with Gasteiger partial charge in [-0.1, -0.05) is 0 Å². The van der Waals surface area contributed by atoms with E-state index in [-0.39, 0.29) is 5.56 Å². The number of nitrogens with zero attached hydrogens (tertiary/aromatic N) is 5. The van der Waals surface area contributed by atoms with E-state index in [2.05, 4.69) is 16.0 Å². The third-order valence-electron chi connectivity index (χ3n) is 4.65. The molecule has 1 aliphatic carbocycles. The fourth-order valence-electron chi connectivity index (χ4n) is 3.49. The molecule has 4 heterocycles. The van der Waals surface area contributed by atoms with Gasteiger partial charge in [-0.2, -0.15) is 5.26 Å². The SMILES string of the molecule is N#Cc1ccc2nc(Cn3cnc4sc5c(c4c3=O)CCC5)cn2c1. The van der Waals surface area contributed by atoms with E-state index in [9.17, 15) is 4.79 Å². The van der Waals surface area contributed by atoms with Gasteiger partial charge in [-0.3, -0.25) is 9.36 Å². The predicted octanol–water partition coefficient (Wildman–Crippen LogP) is 2.51. The molecule has 122 valence electrons. The maximum Gasteiger partial charge on any atom is 0.262 e. The molecule has 0 saturated heterocycles. The van der Waals surface area contributed by atoms with Gasteiger partial charge in [-0.15, -0.1) is 11.3 Å². The Morgan fingerprint density at radius 3 is 3.08 bits per heavy atom. The number of hydrogen-bond donors (Lipinski definition) is 0.